The maximum atomic E-state index is 12.3. The standard InChI is InChI=1S/C14H19N3O2/c18-12(10-4-2-1-3-5-10)13-16-14(19-17-13)11-6-8-15-9-7-11/h1-2,10-11,15H,3-9H2. The van der Waals surface area contributed by atoms with Gasteiger partial charge in [0.2, 0.25) is 17.5 Å². The van der Waals surface area contributed by atoms with Gasteiger partial charge in [0.05, 0.1) is 0 Å². The molecule has 1 fully saturated rings. The molecule has 1 unspecified atom stereocenters. The number of carbonyl (C=O) groups is 1. The van der Waals surface area contributed by atoms with E-state index in [0.717, 1.165) is 45.2 Å². The van der Waals surface area contributed by atoms with Gasteiger partial charge in [-0.25, -0.2) is 0 Å². The Morgan fingerprint density at radius 3 is 2.84 bits per heavy atom. The molecular formula is C14H19N3O2. The largest absolute Gasteiger partial charge is 0.339 e. The Hall–Kier alpha value is -1.49. The van der Waals surface area contributed by atoms with Crippen LogP contribution in [0.1, 0.15) is 54.5 Å². The number of allylic oxidation sites excluding steroid dienone is 2. The molecule has 1 aliphatic carbocycles. The van der Waals surface area contributed by atoms with E-state index in [1.165, 1.54) is 0 Å². The van der Waals surface area contributed by atoms with Crippen LogP contribution in [-0.2, 0) is 0 Å². The number of nitrogens with zero attached hydrogens (tertiary/aromatic N) is 2. The molecule has 3 rings (SSSR count). The Morgan fingerprint density at radius 1 is 1.26 bits per heavy atom. The zero-order valence-corrected chi connectivity index (χ0v) is 11.0. The van der Waals surface area contributed by atoms with Crippen molar-refractivity contribution in [1.82, 2.24) is 15.5 Å². The molecule has 1 aliphatic heterocycles. The van der Waals surface area contributed by atoms with E-state index in [9.17, 15) is 4.79 Å². The lowest BCUT2D eigenvalue weighted by Gasteiger charge is -2.18. The lowest BCUT2D eigenvalue weighted by atomic mass is 9.90. The van der Waals surface area contributed by atoms with E-state index in [0.29, 0.717) is 11.8 Å². The van der Waals surface area contributed by atoms with Gasteiger partial charge in [0.15, 0.2) is 0 Å². The summed E-state index contributed by atoms with van der Waals surface area (Å²) >= 11 is 0. The quantitative estimate of drug-likeness (QED) is 0.666. The third-order valence-corrected chi connectivity index (χ3v) is 3.99. The monoisotopic (exact) mass is 261 g/mol. The number of ketones is 1. The molecule has 1 saturated heterocycles. The normalized spacial score (nSPS) is 24.5. The first kappa shape index (κ1) is 12.5. The van der Waals surface area contributed by atoms with E-state index in [4.69, 9.17) is 4.52 Å². The summed E-state index contributed by atoms with van der Waals surface area (Å²) in [7, 11) is 0. The summed E-state index contributed by atoms with van der Waals surface area (Å²) in [6, 6.07) is 0. The lowest BCUT2D eigenvalue weighted by molar-refractivity contribution is 0.0898. The highest BCUT2D eigenvalue weighted by molar-refractivity contribution is 5.94. The number of carbonyl (C=O) groups excluding carboxylic acids is 1. The Labute approximate surface area is 112 Å². The SMILES string of the molecule is O=C(c1noc(C2CCNCC2)n1)C1CC=CCC1. The number of rotatable bonds is 3. The van der Waals surface area contributed by atoms with E-state index in [-0.39, 0.29) is 17.5 Å². The number of hydrogen-bond donors (Lipinski definition) is 1. The summed E-state index contributed by atoms with van der Waals surface area (Å²) in [5.41, 5.74) is 0. The van der Waals surface area contributed by atoms with Crippen LogP contribution in [0, 0.1) is 5.92 Å². The molecule has 0 saturated carbocycles. The highest BCUT2D eigenvalue weighted by Gasteiger charge is 2.27. The van der Waals surface area contributed by atoms with Crippen LogP contribution in [-0.4, -0.2) is 29.0 Å². The summed E-state index contributed by atoms with van der Waals surface area (Å²) < 4.78 is 5.29. The zero-order chi connectivity index (χ0) is 13.1. The van der Waals surface area contributed by atoms with Gasteiger partial charge in [-0.1, -0.05) is 17.3 Å². The molecule has 1 atom stereocenters. The molecule has 0 amide bonds. The molecule has 5 nitrogen and oxygen atoms in total. The average molecular weight is 261 g/mol. The van der Waals surface area contributed by atoms with Crippen molar-refractivity contribution in [3.8, 4) is 0 Å². The molecule has 1 N–H and O–H groups in total. The smallest absolute Gasteiger partial charge is 0.238 e. The molecule has 2 heterocycles. The number of piperidine rings is 1. The average Bonchev–Trinajstić information content (AvgIpc) is 2.98. The topological polar surface area (TPSA) is 68.0 Å². The minimum atomic E-state index is 0.0310. The van der Waals surface area contributed by atoms with Crippen LogP contribution in [0.2, 0.25) is 0 Å². The van der Waals surface area contributed by atoms with E-state index in [1.54, 1.807) is 0 Å². The summed E-state index contributed by atoms with van der Waals surface area (Å²) in [5, 5.41) is 7.19. The Kier molecular flexibility index (Phi) is 3.73. The molecule has 1 aromatic heterocycles. The highest BCUT2D eigenvalue weighted by Crippen LogP contribution is 2.25. The minimum Gasteiger partial charge on any atom is -0.339 e. The number of nitrogens with one attached hydrogen (secondary N) is 1. The fourth-order valence-corrected chi connectivity index (χ4v) is 2.78. The number of Topliss-reactive ketones (excluding diaryl/α,β-unsaturated/α-hetero) is 1. The van der Waals surface area contributed by atoms with Crippen molar-refractivity contribution in [3.63, 3.8) is 0 Å². The third kappa shape index (κ3) is 2.76. The minimum absolute atomic E-state index is 0.0310. The van der Waals surface area contributed by atoms with Crippen molar-refractivity contribution in [1.29, 1.82) is 0 Å². The van der Waals surface area contributed by atoms with Crippen LogP contribution in [0.15, 0.2) is 16.7 Å². The molecular weight excluding hydrogens is 242 g/mol. The van der Waals surface area contributed by atoms with Crippen LogP contribution in [0.4, 0.5) is 0 Å². The molecule has 1 aromatic rings. The van der Waals surface area contributed by atoms with E-state index in [2.05, 4.69) is 27.6 Å². The van der Waals surface area contributed by atoms with Crippen molar-refractivity contribution in [2.45, 2.75) is 38.0 Å². The van der Waals surface area contributed by atoms with Crippen molar-refractivity contribution >= 4 is 5.78 Å². The van der Waals surface area contributed by atoms with E-state index in [1.807, 2.05) is 0 Å². The van der Waals surface area contributed by atoms with Crippen LogP contribution < -0.4 is 5.32 Å². The van der Waals surface area contributed by atoms with Gasteiger partial charge >= 0.3 is 0 Å². The second-order valence-electron chi connectivity index (χ2n) is 5.33. The van der Waals surface area contributed by atoms with Crippen molar-refractivity contribution < 1.29 is 9.32 Å². The molecule has 0 spiro atoms. The predicted octanol–water partition coefficient (Wildman–Crippen LogP) is 2.08. The Morgan fingerprint density at radius 2 is 2.11 bits per heavy atom. The fraction of sp³-hybridized carbons (Fsp3) is 0.643. The molecule has 0 radical (unpaired) electrons. The highest BCUT2D eigenvalue weighted by atomic mass is 16.5. The zero-order valence-electron chi connectivity index (χ0n) is 11.0. The van der Waals surface area contributed by atoms with Crippen LogP contribution in [0.5, 0.6) is 0 Å². The Bertz CT molecular complexity index is 475. The van der Waals surface area contributed by atoms with Crippen LogP contribution >= 0.6 is 0 Å². The van der Waals surface area contributed by atoms with Gasteiger partial charge in [-0.15, -0.1) is 0 Å². The summed E-state index contributed by atoms with van der Waals surface area (Å²) in [4.78, 5) is 16.6. The van der Waals surface area contributed by atoms with Crippen molar-refractivity contribution in [2.24, 2.45) is 5.92 Å². The van der Waals surface area contributed by atoms with Crippen LogP contribution in [0.3, 0.4) is 0 Å². The first-order valence-corrected chi connectivity index (χ1v) is 7.08. The summed E-state index contributed by atoms with van der Waals surface area (Å²) in [6.45, 7) is 1.95. The Balaban J connectivity index is 1.69. The van der Waals surface area contributed by atoms with Crippen molar-refractivity contribution in [3.05, 3.63) is 23.9 Å². The van der Waals surface area contributed by atoms with Gasteiger partial charge in [-0.2, -0.15) is 4.98 Å². The molecule has 5 heteroatoms. The second kappa shape index (κ2) is 5.65. The molecule has 19 heavy (non-hydrogen) atoms. The molecule has 0 aromatic carbocycles. The van der Waals surface area contributed by atoms with E-state index >= 15 is 0 Å². The number of aromatic nitrogens is 2. The van der Waals surface area contributed by atoms with Gasteiger partial charge in [0.1, 0.15) is 0 Å². The van der Waals surface area contributed by atoms with Gasteiger partial charge in [-0.3, -0.25) is 4.79 Å². The second-order valence-corrected chi connectivity index (χ2v) is 5.33. The predicted molar refractivity (Wildman–Crippen MR) is 70.0 cm³/mol. The van der Waals surface area contributed by atoms with Gasteiger partial charge in [0.25, 0.3) is 0 Å². The molecule has 102 valence electrons. The summed E-state index contributed by atoms with van der Waals surface area (Å²) in [6.07, 6.45) is 8.86. The van der Waals surface area contributed by atoms with Gasteiger partial charge in [0, 0.05) is 11.8 Å². The van der Waals surface area contributed by atoms with Crippen LogP contribution in [0.25, 0.3) is 0 Å². The number of hydrogen-bond acceptors (Lipinski definition) is 5. The van der Waals surface area contributed by atoms with E-state index < -0.39 is 0 Å². The first-order valence-electron chi connectivity index (χ1n) is 7.08. The van der Waals surface area contributed by atoms with Gasteiger partial charge < -0.3 is 9.84 Å². The molecule has 2 aliphatic rings. The first-order chi connectivity index (χ1) is 9.34. The third-order valence-electron chi connectivity index (χ3n) is 3.99. The maximum Gasteiger partial charge on any atom is 0.238 e. The fourth-order valence-electron chi connectivity index (χ4n) is 2.78. The maximum absolute atomic E-state index is 12.3. The lowest BCUT2D eigenvalue weighted by Crippen LogP contribution is -2.26. The molecule has 0 bridgehead atoms. The van der Waals surface area contributed by atoms with Gasteiger partial charge in [-0.05, 0) is 45.2 Å². The van der Waals surface area contributed by atoms with Crippen molar-refractivity contribution in [2.75, 3.05) is 13.1 Å². The summed E-state index contributed by atoms with van der Waals surface area (Å²) in [5.74, 6) is 1.28.